The van der Waals surface area contributed by atoms with Gasteiger partial charge in [0, 0.05) is 11.8 Å². The Bertz CT molecular complexity index is 831. The summed E-state index contributed by atoms with van der Waals surface area (Å²) in [7, 11) is 0. The van der Waals surface area contributed by atoms with Crippen LogP contribution in [0.3, 0.4) is 0 Å². The van der Waals surface area contributed by atoms with E-state index < -0.39 is 0 Å². The van der Waals surface area contributed by atoms with Gasteiger partial charge in [-0.25, -0.2) is 0 Å². The zero-order valence-corrected chi connectivity index (χ0v) is 21.8. The summed E-state index contributed by atoms with van der Waals surface area (Å²) in [4.78, 5) is 12.9. The molecule has 174 valence electrons. The lowest BCUT2D eigenvalue weighted by atomic mass is 9.35. The number of carbonyl (C=O) groups excluding carboxylic acids is 1. The van der Waals surface area contributed by atoms with E-state index in [1.165, 1.54) is 51.4 Å². The van der Waals surface area contributed by atoms with Crippen molar-refractivity contribution in [3.63, 3.8) is 0 Å². The van der Waals surface area contributed by atoms with E-state index in [-0.39, 0.29) is 5.41 Å². The molecule has 1 heteroatoms. The lowest BCUT2D eigenvalue weighted by molar-refractivity contribution is -0.168. The normalized spacial score (nSPS) is 52.8. The Morgan fingerprint density at radius 2 is 1.35 bits per heavy atom. The zero-order chi connectivity index (χ0) is 22.7. The fourth-order valence-corrected chi connectivity index (χ4v) is 10.7. The third-order valence-electron chi connectivity index (χ3n) is 12.5. The van der Waals surface area contributed by atoms with Crippen molar-refractivity contribution in [1.29, 1.82) is 0 Å². The summed E-state index contributed by atoms with van der Waals surface area (Å²) in [5.74, 6) is 2.66. The summed E-state index contributed by atoms with van der Waals surface area (Å²) >= 11 is 0. The number of hydrogen-bond acceptors (Lipinski definition) is 1. The van der Waals surface area contributed by atoms with E-state index in [2.05, 4.69) is 61.5 Å². The summed E-state index contributed by atoms with van der Waals surface area (Å²) in [5, 5.41) is 0. The monoisotopic (exact) mass is 424 g/mol. The molecule has 0 heterocycles. The van der Waals surface area contributed by atoms with Crippen LogP contribution in [0.1, 0.15) is 120 Å². The van der Waals surface area contributed by atoms with Crippen molar-refractivity contribution in [1.82, 2.24) is 0 Å². The van der Waals surface area contributed by atoms with Crippen LogP contribution in [0.2, 0.25) is 0 Å². The molecule has 0 bridgehead atoms. The van der Waals surface area contributed by atoms with Crippen molar-refractivity contribution in [3.05, 3.63) is 11.6 Å². The molecular weight excluding hydrogens is 376 g/mol. The van der Waals surface area contributed by atoms with Crippen molar-refractivity contribution >= 4 is 5.78 Å². The van der Waals surface area contributed by atoms with Gasteiger partial charge in [-0.1, -0.05) is 67.0 Å². The molecule has 0 aromatic rings. The summed E-state index contributed by atoms with van der Waals surface area (Å²) in [5.41, 5.74) is 3.73. The van der Waals surface area contributed by atoms with Gasteiger partial charge in [0.05, 0.1) is 0 Å². The average Bonchev–Trinajstić information content (AvgIpc) is 2.66. The largest absolute Gasteiger partial charge is 0.299 e. The maximum Gasteiger partial charge on any atom is 0.138 e. The first kappa shape index (κ1) is 22.2. The van der Waals surface area contributed by atoms with Gasteiger partial charge < -0.3 is 0 Å². The van der Waals surface area contributed by atoms with Crippen molar-refractivity contribution in [3.8, 4) is 0 Å². The van der Waals surface area contributed by atoms with Crippen molar-refractivity contribution in [2.24, 2.45) is 50.2 Å². The molecule has 5 rings (SSSR count). The maximum absolute atomic E-state index is 12.9. The summed E-state index contributed by atoms with van der Waals surface area (Å²) in [6.45, 7) is 20.1. The van der Waals surface area contributed by atoms with Gasteiger partial charge in [-0.15, -0.1) is 0 Å². The average molecular weight is 425 g/mol. The second kappa shape index (κ2) is 6.29. The highest BCUT2D eigenvalue weighted by Crippen LogP contribution is 2.74. The molecule has 0 aromatic heterocycles. The van der Waals surface area contributed by atoms with Crippen LogP contribution >= 0.6 is 0 Å². The molecule has 4 saturated carbocycles. The van der Waals surface area contributed by atoms with Gasteiger partial charge in [0.1, 0.15) is 5.78 Å². The number of allylic oxidation sites excluding steroid dienone is 2. The molecule has 0 aromatic carbocycles. The van der Waals surface area contributed by atoms with Crippen molar-refractivity contribution in [2.75, 3.05) is 0 Å². The Balaban J connectivity index is 1.56. The molecular formula is C30H48O. The fourth-order valence-electron chi connectivity index (χ4n) is 10.7. The summed E-state index contributed by atoms with van der Waals surface area (Å²) in [6, 6.07) is 0. The number of Topliss-reactive ketones (excluding diaryl/α,β-unsaturated/α-hetero) is 1. The second-order valence-electron chi connectivity index (χ2n) is 15.1. The third-order valence-corrected chi connectivity index (χ3v) is 12.5. The Morgan fingerprint density at radius 1 is 0.742 bits per heavy atom. The minimum atomic E-state index is -0.137. The molecule has 0 radical (unpaired) electrons. The van der Waals surface area contributed by atoms with Gasteiger partial charge in [-0.2, -0.15) is 0 Å². The van der Waals surface area contributed by atoms with E-state index in [0.29, 0.717) is 38.8 Å². The van der Waals surface area contributed by atoms with Gasteiger partial charge >= 0.3 is 0 Å². The van der Waals surface area contributed by atoms with Gasteiger partial charge in [0.2, 0.25) is 0 Å². The SMILES string of the molecule is CC1(C)CC[C@]2(C)CC=C3C(C)(CCC4[C@@]5(C)CCC(=O)C(C)(C)C5CC[C@@]34C)[C@@H]2C1. The molecule has 0 amide bonds. The molecule has 4 fully saturated rings. The van der Waals surface area contributed by atoms with Gasteiger partial charge in [0.25, 0.3) is 0 Å². The number of ketones is 1. The number of carbonyl (C=O) groups is 1. The van der Waals surface area contributed by atoms with E-state index in [4.69, 9.17) is 0 Å². The lowest BCUT2D eigenvalue weighted by Gasteiger charge is -2.69. The third kappa shape index (κ3) is 2.76. The predicted octanol–water partition coefficient (Wildman–Crippen LogP) is 8.38. The fraction of sp³-hybridized carbons (Fsp3) is 0.900. The maximum atomic E-state index is 12.9. The smallest absolute Gasteiger partial charge is 0.138 e. The van der Waals surface area contributed by atoms with E-state index in [9.17, 15) is 4.79 Å². The van der Waals surface area contributed by atoms with Crippen LogP contribution in [0.4, 0.5) is 0 Å². The van der Waals surface area contributed by atoms with Crippen LogP contribution in [0.15, 0.2) is 11.6 Å². The molecule has 0 spiro atoms. The van der Waals surface area contributed by atoms with Gasteiger partial charge in [-0.3, -0.25) is 4.79 Å². The van der Waals surface area contributed by atoms with Crippen molar-refractivity contribution < 1.29 is 4.79 Å². The number of fused-ring (bicyclic) bond motifs is 7. The van der Waals surface area contributed by atoms with Crippen LogP contribution in [-0.2, 0) is 4.79 Å². The molecule has 5 aliphatic rings. The first-order valence-corrected chi connectivity index (χ1v) is 13.4. The van der Waals surface area contributed by atoms with E-state index in [1.54, 1.807) is 0 Å². The Labute approximate surface area is 192 Å². The highest BCUT2D eigenvalue weighted by atomic mass is 16.1. The minimum Gasteiger partial charge on any atom is -0.299 e. The van der Waals surface area contributed by atoms with E-state index in [0.717, 1.165) is 24.7 Å². The minimum absolute atomic E-state index is 0.137. The molecule has 1 nitrogen and oxygen atoms in total. The first-order valence-electron chi connectivity index (χ1n) is 13.4. The molecule has 3 unspecified atom stereocenters. The lowest BCUT2D eigenvalue weighted by Crippen LogP contribution is -2.62. The Hall–Kier alpha value is -0.590. The molecule has 31 heavy (non-hydrogen) atoms. The van der Waals surface area contributed by atoms with Crippen LogP contribution in [-0.4, -0.2) is 5.78 Å². The second-order valence-corrected chi connectivity index (χ2v) is 15.1. The topological polar surface area (TPSA) is 17.1 Å². The zero-order valence-electron chi connectivity index (χ0n) is 21.8. The van der Waals surface area contributed by atoms with Gasteiger partial charge in [-0.05, 0) is 103 Å². The van der Waals surface area contributed by atoms with Crippen LogP contribution < -0.4 is 0 Å². The summed E-state index contributed by atoms with van der Waals surface area (Å²) in [6.07, 6.45) is 15.5. The van der Waals surface area contributed by atoms with Crippen molar-refractivity contribution in [2.45, 2.75) is 120 Å². The highest BCUT2D eigenvalue weighted by molar-refractivity contribution is 5.85. The van der Waals surface area contributed by atoms with Crippen LogP contribution in [0.5, 0.6) is 0 Å². The number of rotatable bonds is 0. The summed E-state index contributed by atoms with van der Waals surface area (Å²) < 4.78 is 0. The van der Waals surface area contributed by atoms with E-state index in [1.807, 2.05) is 5.57 Å². The standard InChI is InChI=1S/C30H48O/c1-25(2)17-18-27(5)13-9-21-29(7)14-10-20-26(3,4)24(31)12-16-28(20,6)22(29)11-15-30(21,8)23(27)19-25/h9,20,22-23H,10-19H2,1-8H3/t20?,22?,23-,27+,28+,29+,30?/m1/s1. The molecule has 0 N–H and O–H groups in total. The predicted molar refractivity (Wildman–Crippen MR) is 130 cm³/mol. The Kier molecular flexibility index (Phi) is 4.51. The molecule has 0 aliphatic heterocycles. The molecule has 7 atom stereocenters. The number of hydrogen-bond donors (Lipinski definition) is 0. The van der Waals surface area contributed by atoms with Gasteiger partial charge in [0.15, 0.2) is 0 Å². The van der Waals surface area contributed by atoms with Crippen LogP contribution in [0, 0.1) is 50.2 Å². The first-order chi connectivity index (χ1) is 14.2. The van der Waals surface area contributed by atoms with Crippen LogP contribution in [0.25, 0.3) is 0 Å². The van der Waals surface area contributed by atoms with E-state index >= 15 is 0 Å². The highest BCUT2D eigenvalue weighted by Gasteiger charge is 2.66. The quantitative estimate of drug-likeness (QED) is 0.357. The molecule has 5 aliphatic carbocycles. The Morgan fingerprint density at radius 3 is 2.03 bits per heavy atom. The molecule has 0 saturated heterocycles.